The van der Waals surface area contributed by atoms with Crippen LogP contribution < -0.4 is 0 Å². The lowest BCUT2D eigenvalue weighted by molar-refractivity contribution is 0.669. The van der Waals surface area contributed by atoms with Gasteiger partial charge < -0.3 is 4.42 Å². The molecule has 0 aliphatic rings. The first kappa shape index (κ1) is 32.1. The van der Waals surface area contributed by atoms with Crippen molar-refractivity contribution >= 4 is 53.6 Å². The minimum absolute atomic E-state index is 0.584. The van der Waals surface area contributed by atoms with Crippen molar-refractivity contribution in [3.05, 3.63) is 176 Å². The van der Waals surface area contributed by atoms with Gasteiger partial charge >= 0.3 is 0 Å². The Balaban J connectivity index is 1.05. The first-order valence-electron chi connectivity index (χ1n) is 18.4. The second-order valence-electron chi connectivity index (χ2n) is 13.6. The number of fused-ring (bicyclic) bond motifs is 6. The Bertz CT molecular complexity index is 3190. The summed E-state index contributed by atoms with van der Waals surface area (Å²) in [7, 11) is 0. The molecule has 262 valence electrons. The standard InChI is InChI=1S/C49H29N5OS/c1-4-14-30(15-5-1)46-50-43(45-44(51-46)38-22-10-11-25-41(38)56-45)34-21-12-20-33(28-34)36-23-13-24-39-42(36)37-27-26-35(29-40(37)55-39)49-53-47(31-16-6-2-7-17-31)52-48(54-49)32-18-8-3-9-19-32/h1-29H. The summed E-state index contributed by atoms with van der Waals surface area (Å²) in [6.07, 6.45) is 0. The molecule has 0 spiro atoms. The van der Waals surface area contributed by atoms with Crippen LogP contribution >= 0.6 is 11.3 Å². The summed E-state index contributed by atoms with van der Waals surface area (Å²) < 4.78 is 8.86. The molecule has 11 rings (SSSR count). The smallest absolute Gasteiger partial charge is 0.164 e. The molecule has 6 nitrogen and oxygen atoms in total. The summed E-state index contributed by atoms with van der Waals surface area (Å²) in [6, 6.07) is 59.9. The molecule has 4 aromatic heterocycles. The van der Waals surface area contributed by atoms with Crippen LogP contribution in [0.15, 0.2) is 180 Å². The molecule has 0 saturated heterocycles. The number of hydrogen-bond donors (Lipinski definition) is 0. The third-order valence-corrected chi connectivity index (χ3v) is 11.3. The van der Waals surface area contributed by atoms with Crippen molar-refractivity contribution in [2.24, 2.45) is 0 Å². The normalized spacial score (nSPS) is 11.6. The SMILES string of the molecule is c1ccc(-c2nc(-c3ccccc3)nc(-c3ccc4c(c3)oc3cccc(-c5cccc(-c6nc(-c7ccccc7)nc7c6sc6ccccc67)c5)c34)n2)cc1. The van der Waals surface area contributed by atoms with Gasteiger partial charge in [-0.2, -0.15) is 0 Å². The monoisotopic (exact) mass is 735 g/mol. The van der Waals surface area contributed by atoms with E-state index in [9.17, 15) is 0 Å². The van der Waals surface area contributed by atoms with Crippen LogP contribution in [0.3, 0.4) is 0 Å². The van der Waals surface area contributed by atoms with Crippen LogP contribution in [-0.4, -0.2) is 24.9 Å². The molecule has 0 saturated carbocycles. The molecular weight excluding hydrogens is 707 g/mol. The predicted octanol–water partition coefficient (Wildman–Crippen LogP) is 12.9. The van der Waals surface area contributed by atoms with Gasteiger partial charge in [-0.1, -0.05) is 146 Å². The molecule has 0 aliphatic carbocycles. The highest BCUT2D eigenvalue weighted by Crippen LogP contribution is 2.42. The van der Waals surface area contributed by atoms with E-state index >= 15 is 0 Å². The summed E-state index contributed by atoms with van der Waals surface area (Å²) >= 11 is 1.74. The zero-order valence-corrected chi connectivity index (χ0v) is 30.6. The number of benzene rings is 7. The number of hydrogen-bond acceptors (Lipinski definition) is 7. The van der Waals surface area contributed by atoms with Gasteiger partial charge in [-0.05, 0) is 41.5 Å². The van der Waals surface area contributed by atoms with Crippen molar-refractivity contribution in [1.29, 1.82) is 0 Å². The van der Waals surface area contributed by atoms with Gasteiger partial charge in [0.1, 0.15) is 11.2 Å². The van der Waals surface area contributed by atoms with Gasteiger partial charge in [0.15, 0.2) is 23.3 Å². The Hall–Kier alpha value is -7.35. The molecular formula is C49H29N5OS. The van der Waals surface area contributed by atoms with E-state index in [4.69, 9.17) is 29.3 Å². The molecule has 0 atom stereocenters. The summed E-state index contributed by atoms with van der Waals surface area (Å²) in [5.41, 5.74) is 10.4. The number of aromatic nitrogens is 5. The van der Waals surface area contributed by atoms with Gasteiger partial charge in [-0.3, -0.25) is 0 Å². The molecule has 0 fully saturated rings. The topological polar surface area (TPSA) is 77.6 Å². The molecule has 11 aromatic rings. The van der Waals surface area contributed by atoms with Crippen LogP contribution in [0.25, 0.3) is 110 Å². The van der Waals surface area contributed by atoms with Crippen molar-refractivity contribution in [2.75, 3.05) is 0 Å². The largest absolute Gasteiger partial charge is 0.456 e. The fraction of sp³-hybridized carbons (Fsp3) is 0. The predicted molar refractivity (Wildman–Crippen MR) is 228 cm³/mol. The number of rotatable bonds is 6. The number of furan rings is 1. The highest BCUT2D eigenvalue weighted by atomic mass is 32.1. The fourth-order valence-electron chi connectivity index (χ4n) is 7.48. The molecule has 0 unspecified atom stereocenters. The van der Waals surface area contributed by atoms with Gasteiger partial charge in [-0.15, -0.1) is 11.3 Å². The highest BCUT2D eigenvalue weighted by molar-refractivity contribution is 7.26. The van der Waals surface area contributed by atoms with Crippen LogP contribution in [0.1, 0.15) is 0 Å². The van der Waals surface area contributed by atoms with Crippen molar-refractivity contribution in [3.8, 4) is 67.9 Å². The van der Waals surface area contributed by atoms with E-state index in [-0.39, 0.29) is 0 Å². The molecule has 0 aliphatic heterocycles. The second kappa shape index (κ2) is 13.2. The highest BCUT2D eigenvalue weighted by Gasteiger charge is 2.19. The zero-order valence-electron chi connectivity index (χ0n) is 29.8. The van der Waals surface area contributed by atoms with E-state index in [0.717, 1.165) is 82.2 Å². The van der Waals surface area contributed by atoms with Crippen molar-refractivity contribution in [2.45, 2.75) is 0 Å². The summed E-state index contributed by atoms with van der Waals surface area (Å²) in [5, 5.41) is 3.21. The lowest BCUT2D eigenvalue weighted by Gasteiger charge is -2.10. The van der Waals surface area contributed by atoms with Gasteiger partial charge in [0.25, 0.3) is 0 Å². The average Bonchev–Trinajstić information content (AvgIpc) is 3.85. The van der Waals surface area contributed by atoms with Gasteiger partial charge in [0, 0.05) is 48.7 Å². The van der Waals surface area contributed by atoms with E-state index < -0.39 is 0 Å². The van der Waals surface area contributed by atoms with Crippen LogP contribution in [0.2, 0.25) is 0 Å². The molecule has 0 amide bonds. The first-order chi connectivity index (χ1) is 27.7. The molecule has 0 N–H and O–H groups in total. The Morgan fingerprint density at radius 2 is 0.946 bits per heavy atom. The van der Waals surface area contributed by atoms with E-state index in [2.05, 4.69) is 84.9 Å². The maximum atomic E-state index is 6.59. The quantitative estimate of drug-likeness (QED) is 0.169. The van der Waals surface area contributed by atoms with E-state index in [1.807, 2.05) is 91.0 Å². The average molecular weight is 736 g/mol. The second-order valence-corrected chi connectivity index (χ2v) is 14.7. The minimum Gasteiger partial charge on any atom is -0.456 e. The van der Waals surface area contributed by atoms with E-state index in [0.29, 0.717) is 23.3 Å². The molecule has 0 radical (unpaired) electrons. The van der Waals surface area contributed by atoms with Crippen molar-refractivity contribution in [3.63, 3.8) is 0 Å². The van der Waals surface area contributed by atoms with Crippen LogP contribution in [0, 0.1) is 0 Å². The third kappa shape index (κ3) is 5.52. The lowest BCUT2D eigenvalue weighted by atomic mass is 9.96. The van der Waals surface area contributed by atoms with E-state index in [1.54, 1.807) is 11.3 Å². The molecule has 7 aromatic carbocycles. The van der Waals surface area contributed by atoms with Crippen LogP contribution in [0.4, 0.5) is 0 Å². The molecule has 7 heteroatoms. The van der Waals surface area contributed by atoms with E-state index in [1.165, 1.54) is 4.70 Å². The lowest BCUT2D eigenvalue weighted by Crippen LogP contribution is -2.00. The number of thiophene rings is 1. The van der Waals surface area contributed by atoms with Crippen molar-refractivity contribution < 1.29 is 4.42 Å². The Kier molecular flexibility index (Phi) is 7.57. The Labute approximate surface area is 325 Å². The molecule has 0 bridgehead atoms. The number of nitrogens with zero attached hydrogens (tertiary/aromatic N) is 5. The zero-order chi connectivity index (χ0) is 37.0. The third-order valence-electron chi connectivity index (χ3n) is 10.2. The van der Waals surface area contributed by atoms with Gasteiger partial charge in [0.2, 0.25) is 0 Å². The van der Waals surface area contributed by atoms with Crippen molar-refractivity contribution in [1.82, 2.24) is 24.9 Å². The summed E-state index contributed by atoms with van der Waals surface area (Å²) in [4.78, 5) is 25.1. The first-order valence-corrected chi connectivity index (χ1v) is 19.2. The molecule has 56 heavy (non-hydrogen) atoms. The Morgan fingerprint density at radius 3 is 1.64 bits per heavy atom. The van der Waals surface area contributed by atoms with Gasteiger partial charge in [0.05, 0.1) is 15.9 Å². The van der Waals surface area contributed by atoms with Crippen LogP contribution in [0.5, 0.6) is 0 Å². The Morgan fingerprint density at radius 1 is 0.375 bits per heavy atom. The maximum absolute atomic E-state index is 6.59. The summed E-state index contributed by atoms with van der Waals surface area (Å²) in [6.45, 7) is 0. The minimum atomic E-state index is 0.584. The maximum Gasteiger partial charge on any atom is 0.164 e. The summed E-state index contributed by atoms with van der Waals surface area (Å²) in [5.74, 6) is 2.54. The van der Waals surface area contributed by atoms with Gasteiger partial charge in [-0.25, -0.2) is 24.9 Å². The van der Waals surface area contributed by atoms with Crippen LogP contribution in [-0.2, 0) is 0 Å². The molecule has 4 heterocycles. The fourth-order valence-corrected chi connectivity index (χ4v) is 8.63.